The summed E-state index contributed by atoms with van der Waals surface area (Å²) in [6.07, 6.45) is 1.62. The number of nitrogens with one attached hydrogen (secondary N) is 1. The average molecular weight is 446 g/mol. The first-order valence-electron chi connectivity index (χ1n) is 10.2. The Labute approximate surface area is 185 Å². The Kier molecular flexibility index (Phi) is 8.62. The normalized spacial score (nSPS) is 12.1. The van der Waals surface area contributed by atoms with Crippen molar-refractivity contribution in [3.63, 3.8) is 0 Å². The predicted molar refractivity (Wildman–Crippen MR) is 123 cm³/mol. The number of hydrogen-bond donors (Lipinski definition) is 1. The Bertz CT molecular complexity index is 993. The van der Waals surface area contributed by atoms with E-state index in [1.807, 2.05) is 37.3 Å². The molecule has 31 heavy (non-hydrogen) atoms. The van der Waals surface area contributed by atoms with Gasteiger partial charge in [-0.25, -0.2) is 8.42 Å². The Hall–Kier alpha value is -2.87. The van der Waals surface area contributed by atoms with E-state index in [1.54, 1.807) is 43.1 Å². The minimum atomic E-state index is -3.48. The summed E-state index contributed by atoms with van der Waals surface area (Å²) >= 11 is 0. The molecule has 168 valence electrons. The minimum Gasteiger partial charge on any atom is -0.357 e. The van der Waals surface area contributed by atoms with Crippen molar-refractivity contribution in [2.75, 3.05) is 24.2 Å². The van der Waals surface area contributed by atoms with Crippen LogP contribution in [0.5, 0.6) is 0 Å². The number of likely N-dealkylation sites (N-methyl/N-ethyl adjacent to an activating group) is 1. The number of rotatable bonds is 10. The quantitative estimate of drug-likeness (QED) is 0.609. The number of para-hydroxylation sites is 1. The van der Waals surface area contributed by atoms with Crippen molar-refractivity contribution in [3.8, 4) is 0 Å². The fourth-order valence-electron chi connectivity index (χ4n) is 3.36. The number of anilines is 1. The molecule has 0 saturated heterocycles. The van der Waals surface area contributed by atoms with Crippen LogP contribution in [0.2, 0.25) is 0 Å². The standard InChI is InChI=1S/C23H31N3O4S/c1-18-11-8-9-12-20(18)17-25(19(2)23(28)24-3)22(27)15-10-16-26(31(4,29)30)21-13-6-5-7-14-21/h5-9,11-14,19H,10,15-17H2,1-4H3,(H,24,28). The van der Waals surface area contributed by atoms with E-state index in [0.717, 1.165) is 17.4 Å². The second kappa shape index (κ2) is 10.9. The zero-order chi connectivity index (χ0) is 23.0. The molecule has 1 unspecified atom stereocenters. The molecule has 1 atom stereocenters. The summed E-state index contributed by atoms with van der Waals surface area (Å²) in [7, 11) is -1.94. The van der Waals surface area contributed by atoms with E-state index in [0.29, 0.717) is 18.7 Å². The lowest BCUT2D eigenvalue weighted by molar-refractivity contribution is -0.140. The lowest BCUT2D eigenvalue weighted by Gasteiger charge is -2.29. The van der Waals surface area contributed by atoms with E-state index in [1.165, 1.54) is 4.31 Å². The topological polar surface area (TPSA) is 86.8 Å². The molecule has 0 aliphatic carbocycles. The Morgan fingerprint density at radius 2 is 1.65 bits per heavy atom. The molecule has 8 heteroatoms. The van der Waals surface area contributed by atoms with Crippen LogP contribution >= 0.6 is 0 Å². The van der Waals surface area contributed by atoms with Crippen molar-refractivity contribution in [2.45, 2.75) is 39.3 Å². The van der Waals surface area contributed by atoms with Crippen LogP contribution in [-0.2, 0) is 26.2 Å². The van der Waals surface area contributed by atoms with Crippen LogP contribution in [0.3, 0.4) is 0 Å². The molecule has 0 bridgehead atoms. The fraction of sp³-hybridized carbons (Fsp3) is 0.391. The van der Waals surface area contributed by atoms with Crippen LogP contribution in [0, 0.1) is 6.92 Å². The molecule has 0 radical (unpaired) electrons. The molecule has 7 nitrogen and oxygen atoms in total. The number of sulfonamides is 1. The molecule has 2 rings (SSSR count). The Morgan fingerprint density at radius 3 is 2.23 bits per heavy atom. The first-order chi connectivity index (χ1) is 14.6. The highest BCUT2D eigenvalue weighted by Gasteiger charge is 2.26. The van der Waals surface area contributed by atoms with Gasteiger partial charge in [-0.15, -0.1) is 0 Å². The molecule has 2 amide bonds. The SMILES string of the molecule is CNC(=O)C(C)N(Cc1ccccc1C)C(=O)CCCN(c1ccccc1)S(C)(=O)=O. The average Bonchev–Trinajstić information content (AvgIpc) is 2.74. The maximum absolute atomic E-state index is 13.1. The van der Waals surface area contributed by atoms with Crippen LogP contribution < -0.4 is 9.62 Å². The van der Waals surface area contributed by atoms with Crippen molar-refractivity contribution in [1.82, 2.24) is 10.2 Å². The number of aryl methyl sites for hydroxylation is 1. The summed E-state index contributed by atoms with van der Waals surface area (Å²) in [5.41, 5.74) is 2.57. The second-order valence-electron chi connectivity index (χ2n) is 7.51. The van der Waals surface area contributed by atoms with Gasteiger partial charge in [0.25, 0.3) is 0 Å². The highest BCUT2D eigenvalue weighted by atomic mass is 32.2. The van der Waals surface area contributed by atoms with Crippen LogP contribution in [0.15, 0.2) is 54.6 Å². The van der Waals surface area contributed by atoms with E-state index < -0.39 is 16.1 Å². The third-order valence-electron chi connectivity index (χ3n) is 5.21. The largest absolute Gasteiger partial charge is 0.357 e. The number of hydrogen-bond acceptors (Lipinski definition) is 4. The van der Waals surface area contributed by atoms with Gasteiger partial charge in [0.15, 0.2) is 0 Å². The maximum Gasteiger partial charge on any atom is 0.242 e. The van der Waals surface area contributed by atoms with Gasteiger partial charge >= 0.3 is 0 Å². The van der Waals surface area contributed by atoms with Gasteiger partial charge in [-0.05, 0) is 43.5 Å². The number of benzene rings is 2. The van der Waals surface area contributed by atoms with Gasteiger partial charge < -0.3 is 10.2 Å². The monoisotopic (exact) mass is 445 g/mol. The van der Waals surface area contributed by atoms with Crippen LogP contribution in [0.4, 0.5) is 5.69 Å². The smallest absolute Gasteiger partial charge is 0.242 e. The van der Waals surface area contributed by atoms with Gasteiger partial charge in [-0.1, -0.05) is 42.5 Å². The molecule has 0 spiro atoms. The first kappa shape index (κ1) is 24.4. The molecule has 2 aromatic rings. The van der Waals surface area contributed by atoms with Crippen molar-refractivity contribution >= 4 is 27.5 Å². The highest BCUT2D eigenvalue weighted by Crippen LogP contribution is 2.19. The third-order valence-corrected chi connectivity index (χ3v) is 6.41. The summed E-state index contributed by atoms with van der Waals surface area (Å²) in [5, 5.41) is 2.60. The lowest BCUT2D eigenvalue weighted by atomic mass is 10.1. The molecule has 0 heterocycles. The predicted octanol–water partition coefficient (Wildman–Crippen LogP) is 2.70. The van der Waals surface area contributed by atoms with Gasteiger partial charge in [0.05, 0.1) is 11.9 Å². The van der Waals surface area contributed by atoms with E-state index >= 15 is 0 Å². The molecule has 0 aliphatic rings. The first-order valence-corrected chi connectivity index (χ1v) is 12.1. The number of carbonyl (C=O) groups is 2. The molecule has 0 saturated carbocycles. The number of carbonyl (C=O) groups excluding carboxylic acids is 2. The van der Waals surface area contributed by atoms with Crippen LogP contribution in [-0.4, -0.2) is 51.0 Å². The van der Waals surface area contributed by atoms with E-state index in [2.05, 4.69) is 5.32 Å². The van der Waals surface area contributed by atoms with Gasteiger partial charge in [0.2, 0.25) is 21.8 Å². The summed E-state index contributed by atoms with van der Waals surface area (Å²) in [5.74, 6) is -0.440. The van der Waals surface area contributed by atoms with Crippen LogP contribution in [0.25, 0.3) is 0 Å². The molecular weight excluding hydrogens is 414 g/mol. The van der Waals surface area contributed by atoms with E-state index in [9.17, 15) is 18.0 Å². The van der Waals surface area contributed by atoms with E-state index in [-0.39, 0.29) is 24.8 Å². The zero-order valence-electron chi connectivity index (χ0n) is 18.5. The number of nitrogens with zero attached hydrogens (tertiary/aromatic N) is 2. The van der Waals surface area contributed by atoms with Crippen molar-refractivity contribution in [2.24, 2.45) is 0 Å². The fourth-order valence-corrected chi connectivity index (χ4v) is 4.33. The third kappa shape index (κ3) is 6.82. The minimum absolute atomic E-state index is 0.131. The molecule has 0 aliphatic heterocycles. The van der Waals surface area contributed by atoms with Crippen LogP contribution in [0.1, 0.15) is 30.9 Å². The summed E-state index contributed by atoms with van der Waals surface area (Å²) < 4.78 is 25.8. The van der Waals surface area contributed by atoms with Gasteiger partial charge in [0.1, 0.15) is 6.04 Å². The van der Waals surface area contributed by atoms with Crippen molar-refractivity contribution < 1.29 is 18.0 Å². The number of amides is 2. The van der Waals surface area contributed by atoms with Gasteiger partial charge in [0, 0.05) is 26.6 Å². The summed E-state index contributed by atoms with van der Waals surface area (Å²) in [6.45, 7) is 4.16. The molecule has 0 aromatic heterocycles. The zero-order valence-corrected chi connectivity index (χ0v) is 19.4. The lowest BCUT2D eigenvalue weighted by Crippen LogP contribution is -2.47. The van der Waals surface area contributed by atoms with Gasteiger partial charge in [-0.3, -0.25) is 13.9 Å². The molecular formula is C23H31N3O4S. The molecule has 2 aromatic carbocycles. The van der Waals surface area contributed by atoms with Gasteiger partial charge in [-0.2, -0.15) is 0 Å². The summed E-state index contributed by atoms with van der Waals surface area (Å²) in [6, 6.07) is 15.9. The van der Waals surface area contributed by atoms with Crippen molar-refractivity contribution in [1.29, 1.82) is 0 Å². The van der Waals surface area contributed by atoms with E-state index in [4.69, 9.17) is 0 Å². The van der Waals surface area contributed by atoms with Crippen molar-refractivity contribution in [3.05, 3.63) is 65.7 Å². The molecule has 0 fully saturated rings. The Morgan fingerprint density at radius 1 is 1.03 bits per heavy atom. The maximum atomic E-state index is 13.1. The second-order valence-corrected chi connectivity index (χ2v) is 9.42. The highest BCUT2D eigenvalue weighted by molar-refractivity contribution is 7.92. The summed E-state index contributed by atoms with van der Waals surface area (Å²) in [4.78, 5) is 26.9. The Balaban J connectivity index is 2.13. The molecule has 1 N–H and O–H groups in total.